The normalized spacial score (nSPS) is 17.9. The van der Waals surface area contributed by atoms with Gasteiger partial charge in [-0.3, -0.25) is 4.79 Å². The Bertz CT molecular complexity index is 593. The van der Waals surface area contributed by atoms with Crippen molar-refractivity contribution in [1.29, 1.82) is 0 Å². The number of hydrogen-bond acceptors (Lipinski definition) is 3. The number of fused-ring (bicyclic) bond motifs is 1. The number of nitrogens with one attached hydrogen (secondary N) is 1. The lowest BCUT2D eigenvalue weighted by molar-refractivity contribution is 0.0958. The summed E-state index contributed by atoms with van der Waals surface area (Å²) in [6.07, 6.45) is 0.861. The summed E-state index contributed by atoms with van der Waals surface area (Å²) >= 11 is 4.96. The van der Waals surface area contributed by atoms with Crippen molar-refractivity contribution in [2.75, 3.05) is 11.9 Å². The number of ketones is 1. The van der Waals surface area contributed by atoms with Crippen LogP contribution in [0.4, 0.5) is 5.69 Å². The Morgan fingerprint density at radius 3 is 2.94 bits per heavy atom. The number of rotatable bonds is 2. The molecule has 0 amide bonds. The highest BCUT2D eigenvalue weighted by Crippen LogP contribution is 2.36. The van der Waals surface area contributed by atoms with Gasteiger partial charge in [-0.05, 0) is 45.4 Å². The van der Waals surface area contributed by atoms with E-state index in [9.17, 15) is 4.79 Å². The van der Waals surface area contributed by atoms with Crippen molar-refractivity contribution >= 4 is 38.7 Å². The minimum atomic E-state index is -0.0163. The van der Waals surface area contributed by atoms with E-state index in [1.807, 2.05) is 35.7 Å². The minimum Gasteiger partial charge on any atom is -0.385 e. The molecule has 3 rings (SSSR count). The molecule has 1 N–H and O–H groups in total. The average molecular weight is 322 g/mol. The number of para-hydroxylation sites is 1. The first-order valence-electron chi connectivity index (χ1n) is 5.87. The van der Waals surface area contributed by atoms with Gasteiger partial charge in [0.2, 0.25) is 0 Å². The number of hydrogen-bond donors (Lipinski definition) is 1. The third-order valence-electron chi connectivity index (χ3n) is 3.24. The van der Waals surface area contributed by atoms with Crippen molar-refractivity contribution in [3.63, 3.8) is 0 Å². The Labute approximate surface area is 118 Å². The lowest BCUT2D eigenvalue weighted by Gasteiger charge is -2.25. The first kappa shape index (κ1) is 11.9. The standard InChI is InChI=1S/C14H12BrNOS/c15-11-6-8-18-14(11)13(17)10-5-7-16-12-4-2-1-3-9(10)12/h1-4,6,8,10,16H,5,7H2. The SMILES string of the molecule is O=C(c1sccc1Br)C1CCNc2ccccc21. The molecule has 0 spiro atoms. The molecule has 0 aliphatic carbocycles. The van der Waals surface area contributed by atoms with Gasteiger partial charge in [0.05, 0.1) is 10.8 Å². The predicted molar refractivity (Wildman–Crippen MR) is 78.6 cm³/mol. The Morgan fingerprint density at radius 2 is 2.17 bits per heavy atom. The highest BCUT2D eigenvalue weighted by molar-refractivity contribution is 9.10. The predicted octanol–water partition coefficient (Wildman–Crippen LogP) is 4.29. The summed E-state index contributed by atoms with van der Waals surface area (Å²) in [5, 5.41) is 5.30. The maximum atomic E-state index is 12.6. The van der Waals surface area contributed by atoms with Crippen molar-refractivity contribution in [3.05, 3.63) is 50.6 Å². The van der Waals surface area contributed by atoms with Crippen LogP contribution in [0, 0.1) is 0 Å². The average Bonchev–Trinajstić information content (AvgIpc) is 2.83. The molecule has 1 unspecified atom stereocenters. The first-order chi connectivity index (χ1) is 8.77. The van der Waals surface area contributed by atoms with Crippen LogP contribution in [0.5, 0.6) is 0 Å². The molecule has 0 radical (unpaired) electrons. The first-order valence-corrected chi connectivity index (χ1v) is 7.54. The summed E-state index contributed by atoms with van der Waals surface area (Å²) < 4.78 is 0.911. The van der Waals surface area contributed by atoms with Gasteiger partial charge >= 0.3 is 0 Å². The number of anilines is 1. The zero-order chi connectivity index (χ0) is 12.5. The van der Waals surface area contributed by atoms with Crippen LogP contribution in [0.25, 0.3) is 0 Å². The van der Waals surface area contributed by atoms with Crippen molar-refractivity contribution < 1.29 is 4.79 Å². The summed E-state index contributed by atoms with van der Waals surface area (Å²) in [5.74, 6) is 0.211. The van der Waals surface area contributed by atoms with E-state index < -0.39 is 0 Å². The fourth-order valence-electron chi connectivity index (χ4n) is 2.37. The second-order valence-corrected chi connectivity index (χ2v) is 6.09. The van der Waals surface area contributed by atoms with Gasteiger partial charge < -0.3 is 5.32 Å². The lowest BCUT2D eigenvalue weighted by atomic mass is 9.87. The summed E-state index contributed by atoms with van der Waals surface area (Å²) in [4.78, 5) is 13.4. The number of benzene rings is 1. The van der Waals surface area contributed by atoms with Gasteiger partial charge in [-0.1, -0.05) is 18.2 Å². The van der Waals surface area contributed by atoms with Crippen LogP contribution in [0.15, 0.2) is 40.2 Å². The van der Waals surface area contributed by atoms with Gasteiger partial charge in [-0.2, -0.15) is 0 Å². The number of carbonyl (C=O) groups is 1. The molecule has 1 aliphatic rings. The largest absolute Gasteiger partial charge is 0.385 e. The van der Waals surface area contributed by atoms with Crippen molar-refractivity contribution in [1.82, 2.24) is 0 Å². The van der Waals surface area contributed by atoms with Crippen LogP contribution in [-0.4, -0.2) is 12.3 Å². The summed E-state index contributed by atoms with van der Waals surface area (Å²) in [5.41, 5.74) is 2.21. The molecule has 92 valence electrons. The summed E-state index contributed by atoms with van der Waals surface area (Å²) in [7, 11) is 0. The van der Waals surface area contributed by atoms with E-state index in [2.05, 4.69) is 21.2 Å². The van der Waals surface area contributed by atoms with Crippen LogP contribution in [0.3, 0.4) is 0 Å². The number of halogens is 1. The zero-order valence-corrected chi connectivity index (χ0v) is 12.1. The molecule has 0 fully saturated rings. The zero-order valence-electron chi connectivity index (χ0n) is 9.65. The van der Waals surface area contributed by atoms with Crippen LogP contribution >= 0.6 is 27.3 Å². The Kier molecular flexibility index (Phi) is 3.22. The van der Waals surface area contributed by atoms with E-state index in [1.165, 1.54) is 11.3 Å². The maximum absolute atomic E-state index is 12.6. The molecular weight excluding hydrogens is 310 g/mol. The maximum Gasteiger partial charge on any atom is 0.181 e. The molecule has 1 atom stereocenters. The fourth-order valence-corrected chi connectivity index (χ4v) is 3.93. The molecule has 1 aromatic heterocycles. The molecule has 4 heteroatoms. The third-order valence-corrected chi connectivity index (χ3v) is 5.09. The van der Waals surface area contributed by atoms with E-state index in [-0.39, 0.29) is 11.7 Å². The number of carbonyl (C=O) groups excluding carboxylic acids is 1. The Morgan fingerprint density at radius 1 is 1.33 bits per heavy atom. The van der Waals surface area contributed by atoms with E-state index >= 15 is 0 Å². The third kappa shape index (κ3) is 1.99. The van der Waals surface area contributed by atoms with Gasteiger partial charge in [0, 0.05) is 16.7 Å². The van der Waals surface area contributed by atoms with Crippen molar-refractivity contribution in [2.24, 2.45) is 0 Å². The van der Waals surface area contributed by atoms with Crippen LogP contribution in [0.2, 0.25) is 0 Å². The molecule has 2 nitrogen and oxygen atoms in total. The molecule has 0 saturated carbocycles. The topological polar surface area (TPSA) is 29.1 Å². The van der Waals surface area contributed by atoms with E-state index in [1.54, 1.807) is 0 Å². The van der Waals surface area contributed by atoms with E-state index in [0.29, 0.717) is 0 Å². The second-order valence-electron chi connectivity index (χ2n) is 4.32. The molecule has 1 aromatic carbocycles. The quantitative estimate of drug-likeness (QED) is 0.836. The van der Waals surface area contributed by atoms with Crippen LogP contribution in [-0.2, 0) is 0 Å². The lowest BCUT2D eigenvalue weighted by Crippen LogP contribution is -2.22. The second kappa shape index (κ2) is 4.86. The Balaban J connectivity index is 2.00. The molecule has 2 heterocycles. The van der Waals surface area contributed by atoms with Crippen molar-refractivity contribution in [2.45, 2.75) is 12.3 Å². The molecular formula is C14H12BrNOS. The van der Waals surface area contributed by atoms with Gasteiger partial charge in [-0.25, -0.2) is 0 Å². The monoisotopic (exact) mass is 321 g/mol. The van der Waals surface area contributed by atoms with Gasteiger partial charge in [-0.15, -0.1) is 11.3 Å². The van der Waals surface area contributed by atoms with Gasteiger partial charge in [0.15, 0.2) is 5.78 Å². The molecule has 18 heavy (non-hydrogen) atoms. The van der Waals surface area contributed by atoms with Gasteiger partial charge in [0.25, 0.3) is 0 Å². The number of Topliss-reactive ketones (excluding diaryl/α,β-unsaturated/α-hetero) is 1. The highest BCUT2D eigenvalue weighted by Gasteiger charge is 2.28. The van der Waals surface area contributed by atoms with Crippen LogP contribution in [0.1, 0.15) is 27.6 Å². The minimum absolute atomic E-state index is 0.0163. The van der Waals surface area contributed by atoms with E-state index in [4.69, 9.17) is 0 Å². The molecule has 2 aromatic rings. The number of thiophene rings is 1. The summed E-state index contributed by atoms with van der Waals surface area (Å²) in [6, 6.07) is 10.0. The molecule has 0 saturated heterocycles. The van der Waals surface area contributed by atoms with Gasteiger partial charge in [0.1, 0.15) is 0 Å². The van der Waals surface area contributed by atoms with Crippen molar-refractivity contribution in [3.8, 4) is 0 Å². The fraction of sp³-hybridized carbons (Fsp3) is 0.214. The smallest absolute Gasteiger partial charge is 0.181 e. The van der Waals surface area contributed by atoms with E-state index in [0.717, 1.165) is 33.6 Å². The summed E-state index contributed by atoms with van der Waals surface area (Å²) in [6.45, 7) is 0.858. The molecule has 1 aliphatic heterocycles. The van der Waals surface area contributed by atoms with Crippen LogP contribution < -0.4 is 5.32 Å². The Hall–Kier alpha value is -1.13. The highest BCUT2D eigenvalue weighted by atomic mass is 79.9. The molecule has 0 bridgehead atoms.